The Hall–Kier alpha value is -3.45. The number of amides is 1. The van der Waals surface area contributed by atoms with Crippen LogP contribution in [0.4, 0.5) is 9.18 Å². The van der Waals surface area contributed by atoms with Gasteiger partial charge < -0.3 is 9.47 Å². The van der Waals surface area contributed by atoms with E-state index in [-0.39, 0.29) is 11.9 Å². The summed E-state index contributed by atoms with van der Waals surface area (Å²) in [5.74, 6) is 0.529. The van der Waals surface area contributed by atoms with Crippen LogP contribution in [0.5, 0.6) is 5.75 Å². The summed E-state index contributed by atoms with van der Waals surface area (Å²) in [7, 11) is 0. The highest BCUT2D eigenvalue weighted by molar-refractivity contribution is 5.71. The topological polar surface area (TPSA) is 54.9 Å². The predicted molar refractivity (Wildman–Crippen MR) is 121 cm³/mol. The number of hydrogen-bond acceptors (Lipinski definition) is 5. The molecule has 0 aliphatic carbocycles. The molecule has 170 valence electrons. The molecule has 2 fully saturated rings. The van der Waals surface area contributed by atoms with Gasteiger partial charge in [-0.05, 0) is 47.5 Å². The lowest BCUT2D eigenvalue weighted by Crippen LogP contribution is -2.37. The lowest BCUT2D eigenvalue weighted by molar-refractivity contribution is 0.0627. The Kier molecular flexibility index (Phi) is 5.96. The van der Waals surface area contributed by atoms with Crippen LogP contribution in [0, 0.1) is 5.82 Å². The van der Waals surface area contributed by atoms with Gasteiger partial charge in [0.2, 0.25) is 0 Å². The smallest absolute Gasteiger partial charge is 0.410 e. The van der Waals surface area contributed by atoms with Crippen molar-refractivity contribution < 1.29 is 18.7 Å². The van der Waals surface area contributed by atoms with Crippen molar-refractivity contribution in [3.8, 4) is 5.75 Å². The second-order valence-corrected chi connectivity index (χ2v) is 8.75. The number of benzene rings is 2. The molecule has 0 N–H and O–H groups in total. The molecule has 2 aromatic carbocycles. The number of halogens is 1. The summed E-state index contributed by atoms with van der Waals surface area (Å²) in [6.07, 6.45) is 2.26. The second-order valence-electron chi connectivity index (χ2n) is 8.75. The summed E-state index contributed by atoms with van der Waals surface area (Å²) in [5.41, 5.74) is 2.45. The third-order valence-electron chi connectivity index (χ3n) is 6.14. The van der Waals surface area contributed by atoms with E-state index in [0.29, 0.717) is 26.2 Å². The first-order chi connectivity index (χ1) is 16.1. The molecule has 1 amide bonds. The zero-order valence-electron chi connectivity index (χ0n) is 18.3. The lowest BCUT2D eigenvalue weighted by Gasteiger charge is -2.22. The number of carbonyl (C=O) groups is 1. The maximum Gasteiger partial charge on any atom is 0.410 e. The van der Waals surface area contributed by atoms with Gasteiger partial charge in [-0.3, -0.25) is 14.8 Å². The van der Waals surface area contributed by atoms with E-state index in [9.17, 15) is 9.18 Å². The van der Waals surface area contributed by atoms with Crippen molar-refractivity contribution in [1.82, 2.24) is 14.8 Å². The molecule has 33 heavy (non-hydrogen) atoms. The van der Waals surface area contributed by atoms with Crippen molar-refractivity contribution in [3.05, 3.63) is 95.6 Å². The Morgan fingerprint density at radius 3 is 2.70 bits per heavy atom. The van der Waals surface area contributed by atoms with Crippen LogP contribution in [0.2, 0.25) is 0 Å². The molecule has 0 bridgehead atoms. The molecule has 2 saturated heterocycles. The van der Waals surface area contributed by atoms with Gasteiger partial charge in [-0.1, -0.05) is 30.3 Å². The minimum absolute atomic E-state index is 0.281. The monoisotopic (exact) mass is 447 g/mol. The van der Waals surface area contributed by atoms with Crippen molar-refractivity contribution in [2.45, 2.75) is 31.7 Å². The van der Waals surface area contributed by atoms with Crippen molar-refractivity contribution in [1.29, 1.82) is 0 Å². The van der Waals surface area contributed by atoms with E-state index in [2.05, 4.69) is 22.0 Å². The van der Waals surface area contributed by atoms with Gasteiger partial charge in [-0.25, -0.2) is 9.18 Å². The Labute approximate surface area is 192 Å². The van der Waals surface area contributed by atoms with Gasteiger partial charge in [0.25, 0.3) is 0 Å². The molecule has 6 nitrogen and oxygen atoms in total. The second kappa shape index (κ2) is 9.19. The number of likely N-dealkylation sites (tertiary alicyclic amines) is 1. The first-order valence-electron chi connectivity index (χ1n) is 11.1. The van der Waals surface area contributed by atoms with Gasteiger partial charge in [0, 0.05) is 38.8 Å². The molecule has 1 unspecified atom stereocenters. The summed E-state index contributed by atoms with van der Waals surface area (Å²) in [4.78, 5) is 20.8. The Bertz CT molecular complexity index is 1110. The average Bonchev–Trinajstić information content (AvgIpc) is 3.35. The molecule has 2 aliphatic rings. The van der Waals surface area contributed by atoms with Crippen LogP contribution < -0.4 is 4.74 Å². The number of nitrogens with zero attached hydrogens (tertiary/aromatic N) is 3. The van der Waals surface area contributed by atoms with E-state index < -0.39 is 5.60 Å². The third kappa shape index (κ3) is 5.14. The van der Waals surface area contributed by atoms with Crippen molar-refractivity contribution in [2.24, 2.45) is 0 Å². The van der Waals surface area contributed by atoms with E-state index in [4.69, 9.17) is 9.47 Å². The molecule has 1 spiro atoms. The molecule has 1 atom stereocenters. The summed E-state index contributed by atoms with van der Waals surface area (Å²) >= 11 is 0. The number of carbonyl (C=O) groups excluding carboxylic acids is 1. The molecule has 3 aromatic rings. The standard InChI is InChI=1S/C26H26FN3O3/c27-22-9-7-20(8-10-22)16-30-19-26(33-25(30)31)11-13-29(18-26)15-21-4-3-6-24(14-21)32-17-23-5-1-2-12-28-23/h1-10,12,14H,11,13,15-19H2. The fraction of sp³-hybridized carbons (Fsp3) is 0.308. The maximum atomic E-state index is 13.2. The van der Waals surface area contributed by atoms with Gasteiger partial charge in [0.1, 0.15) is 23.8 Å². The molecule has 3 heterocycles. The summed E-state index contributed by atoms with van der Waals surface area (Å²) in [6.45, 7) is 3.72. The van der Waals surface area contributed by atoms with E-state index in [1.54, 1.807) is 23.2 Å². The van der Waals surface area contributed by atoms with E-state index in [1.807, 2.05) is 30.3 Å². The molecule has 0 saturated carbocycles. The van der Waals surface area contributed by atoms with Gasteiger partial charge >= 0.3 is 6.09 Å². The largest absolute Gasteiger partial charge is 0.487 e. The van der Waals surface area contributed by atoms with Crippen LogP contribution >= 0.6 is 0 Å². The van der Waals surface area contributed by atoms with Crippen LogP contribution in [-0.2, 0) is 24.4 Å². The van der Waals surface area contributed by atoms with Crippen molar-refractivity contribution in [2.75, 3.05) is 19.6 Å². The van der Waals surface area contributed by atoms with E-state index >= 15 is 0 Å². The Balaban J connectivity index is 1.17. The SMILES string of the molecule is O=C1OC2(CCN(Cc3cccc(OCc4ccccn4)c3)C2)CN1Cc1ccc(F)cc1. The zero-order valence-corrected chi connectivity index (χ0v) is 18.3. The highest BCUT2D eigenvalue weighted by atomic mass is 19.1. The molecular formula is C26H26FN3O3. The molecule has 5 rings (SSSR count). The minimum atomic E-state index is -0.482. The number of pyridine rings is 1. The van der Waals surface area contributed by atoms with Gasteiger partial charge in [-0.15, -0.1) is 0 Å². The molecule has 1 aromatic heterocycles. The zero-order chi connectivity index (χ0) is 22.7. The van der Waals surface area contributed by atoms with Gasteiger partial charge in [-0.2, -0.15) is 0 Å². The molecule has 0 radical (unpaired) electrons. The van der Waals surface area contributed by atoms with Crippen molar-refractivity contribution >= 4 is 6.09 Å². The number of aromatic nitrogens is 1. The lowest BCUT2D eigenvalue weighted by atomic mass is 10.0. The highest BCUT2D eigenvalue weighted by Gasteiger charge is 2.49. The fourth-order valence-electron chi connectivity index (χ4n) is 4.53. The first kappa shape index (κ1) is 21.4. The predicted octanol–water partition coefficient (Wildman–Crippen LogP) is 4.40. The first-order valence-corrected chi connectivity index (χ1v) is 11.1. The Morgan fingerprint density at radius 1 is 1.00 bits per heavy atom. The number of rotatable bonds is 7. The van der Waals surface area contributed by atoms with Gasteiger partial charge in [0.05, 0.1) is 12.2 Å². The molecule has 2 aliphatic heterocycles. The molecule has 7 heteroatoms. The van der Waals surface area contributed by atoms with Crippen molar-refractivity contribution in [3.63, 3.8) is 0 Å². The number of hydrogen-bond donors (Lipinski definition) is 0. The van der Waals surface area contributed by atoms with Crippen LogP contribution in [0.3, 0.4) is 0 Å². The quantitative estimate of drug-likeness (QED) is 0.538. The van der Waals surface area contributed by atoms with Crippen LogP contribution in [0.25, 0.3) is 0 Å². The normalized spacial score (nSPS) is 20.4. The van der Waals surface area contributed by atoms with E-state index in [1.165, 1.54) is 12.1 Å². The summed E-state index contributed by atoms with van der Waals surface area (Å²) < 4.78 is 24.9. The average molecular weight is 448 g/mol. The third-order valence-corrected chi connectivity index (χ3v) is 6.14. The Morgan fingerprint density at radius 2 is 1.88 bits per heavy atom. The van der Waals surface area contributed by atoms with Crippen LogP contribution in [0.15, 0.2) is 72.9 Å². The van der Waals surface area contributed by atoms with Crippen LogP contribution in [0.1, 0.15) is 23.2 Å². The van der Waals surface area contributed by atoms with Gasteiger partial charge in [0.15, 0.2) is 0 Å². The van der Waals surface area contributed by atoms with E-state index in [0.717, 1.165) is 42.1 Å². The highest BCUT2D eigenvalue weighted by Crippen LogP contribution is 2.34. The number of ether oxygens (including phenoxy) is 2. The summed E-state index contributed by atoms with van der Waals surface area (Å²) in [6, 6.07) is 20.1. The maximum absolute atomic E-state index is 13.2. The van der Waals surface area contributed by atoms with Crippen LogP contribution in [-0.4, -0.2) is 46.1 Å². The minimum Gasteiger partial charge on any atom is -0.487 e. The fourth-order valence-corrected chi connectivity index (χ4v) is 4.53. The summed E-state index contributed by atoms with van der Waals surface area (Å²) in [5, 5.41) is 0. The molecular weight excluding hydrogens is 421 g/mol.